The molecule has 1 rings (SSSR count). The number of carbonyl (C=O) groups excluding carboxylic acids is 2. The van der Waals surface area contributed by atoms with Gasteiger partial charge in [0, 0.05) is 38.8 Å². The van der Waals surface area contributed by atoms with Crippen LogP contribution in [-0.2, 0) is 23.1 Å². The first kappa shape index (κ1) is 16.5. The van der Waals surface area contributed by atoms with Crippen molar-refractivity contribution in [2.75, 3.05) is 6.54 Å². The number of aromatic nitrogens is 2. The van der Waals surface area contributed by atoms with Crippen molar-refractivity contribution in [3.05, 3.63) is 18.2 Å². The van der Waals surface area contributed by atoms with E-state index in [2.05, 4.69) is 15.6 Å². The van der Waals surface area contributed by atoms with Gasteiger partial charge >= 0.3 is 12.0 Å². The van der Waals surface area contributed by atoms with Gasteiger partial charge in [0.2, 0.25) is 5.91 Å². The first-order valence-corrected chi connectivity index (χ1v) is 6.42. The fourth-order valence-corrected chi connectivity index (χ4v) is 1.68. The Labute approximate surface area is 121 Å². The molecular formula is C12H19N5O4. The molecule has 0 aliphatic rings. The summed E-state index contributed by atoms with van der Waals surface area (Å²) in [7, 11) is 1.84. The topological polar surface area (TPSA) is 139 Å². The molecule has 1 aromatic rings. The van der Waals surface area contributed by atoms with Gasteiger partial charge in [0.05, 0.1) is 0 Å². The first-order chi connectivity index (χ1) is 9.90. The van der Waals surface area contributed by atoms with Crippen molar-refractivity contribution in [2.24, 2.45) is 12.8 Å². The van der Waals surface area contributed by atoms with Crippen LogP contribution in [0.2, 0.25) is 0 Å². The Balaban J connectivity index is 2.34. The lowest BCUT2D eigenvalue weighted by Crippen LogP contribution is -2.46. The third-order valence-electron chi connectivity index (χ3n) is 2.84. The lowest BCUT2D eigenvalue weighted by atomic mass is 10.1. The normalized spacial score (nSPS) is 11.7. The number of nitrogens with zero attached hydrogens (tertiary/aromatic N) is 2. The average Bonchev–Trinajstić information content (AvgIpc) is 2.79. The molecule has 0 saturated carbocycles. The number of carboxylic acids is 1. The number of nitrogens with one attached hydrogen (secondary N) is 2. The second kappa shape index (κ2) is 7.88. The van der Waals surface area contributed by atoms with Crippen LogP contribution in [0.1, 0.15) is 18.7 Å². The molecule has 0 saturated heterocycles. The Morgan fingerprint density at radius 3 is 2.71 bits per heavy atom. The number of amides is 3. The number of carbonyl (C=O) groups is 3. The van der Waals surface area contributed by atoms with Crippen molar-refractivity contribution in [2.45, 2.75) is 25.3 Å². The van der Waals surface area contributed by atoms with E-state index in [4.69, 9.17) is 10.8 Å². The van der Waals surface area contributed by atoms with Gasteiger partial charge in [-0.2, -0.15) is 0 Å². The number of urea groups is 1. The molecule has 0 aromatic carbocycles. The van der Waals surface area contributed by atoms with Gasteiger partial charge in [0.15, 0.2) is 0 Å². The molecule has 0 spiro atoms. The van der Waals surface area contributed by atoms with Crippen molar-refractivity contribution >= 4 is 17.9 Å². The van der Waals surface area contributed by atoms with Crippen LogP contribution in [0.5, 0.6) is 0 Å². The van der Waals surface area contributed by atoms with Crippen molar-refractivity contribution in [1.82, 2.24) is 20.2 Å². The maximum absolute atomic E-state index is 11.6. The molecule has 1 unspecified atom stereocenters. The van der Waals surface area contributed by atoms with Gasteiger partial charge in [-0.25, -0.2) is 14.6 Å². The molecule has 9 nitrogen and oxygen atoms in total. The summed E-state index contributed by atoms with van der Waals surface area (Å²) in [6.07, 6.45) is 3.82. The van der Waals surface area contributed by atoms with Crippen LogP contribution in [0.4, 0.5) is 4.79 Å². The minimum atomic E-state index is -1.21. The monoisotopic (exact) mass is 297 g/mol. The van der Waals surface area contributed by atoms with E-state index in [1.165, 1.54) is 0 Å². The number of nitrogens with two attached hydrogens (primary N) is 1. The second-order valence-corrected chi connectivity index (χ2v) is 4.50. The van der Waals surface area contributed by atoms with Crippen LogP contribution in [0.25, 0.3) is 0 Å². The SMILES string of the molecule is Cn1ccnc1CCNC(=O)NC(CCC(N)=O)C(=O)O. The lowest BCUT2D eigenvalue weighted by molar-refractivity contribution is -0.139. The predicted octanol–water partition coefficient (Wildman–Crippen LogP) is -1.02. The summed E-state index contributed by atoms with van der Waals surface area (Å²) in [6.45, 7) is 0.318. The number of primary amides is 1. The highest BCUT2D eigenvalue weighted by Gasteiger charge is 2.20. The summed E-state index contributed by atoms with van der Waals surface area (Å²) in [4.78, 5) is 37.3. The second-order valence-electron chi connectivity index (χ2n) is 4.50. The summed E-state index contributed by atoms with van der Waals surface area (Å²) in [6, 6.07) is -1.76. The van der Waals surface area contributed by atoms with Gasteiger partial charge in [-0.3, -0.25) is 4.79 Å². The van der Waals surface area contributed by atoms with Crippen LogP contribution < -0.4 is 16.4 Å². The van der Waals surface area contributed by atoms with Gasteiger partial charge in [-0.05, 0) is 6.42 Å². The molecular weight excluding hydrogens is 278 g/mol. The third-order valence-corrected chi connectivity index (χ3v) is 2.84. The van der Waals surface area contributed by atoms with E-state index >= 15 is 0 Å². The third kappa shape index (κ3) is 5.93. The largest absolute Gasteiger partial charge is 0.480 e. The van der Waals surface area contributed by atoms with E-state index in [0.717, 1.165) is 5.82 Å². The molecule has 21 heavy (non-hydrogen) atoms. The van der Waals surface area contributed by atoms with E-state index in [1.807, 2.05) is 11.6 Å². The van der Waals surface area contributed by atoms with Gasteiger partial charge < -0.3 is 26.0 Å². The first-order valence-electron chi connectivity index (χ1n) is 6.42. The zero-order valence-electron chi connectivity index (χ0n) is 11.7. The van der Waals surface area contributed by atoms with E-state index < -0.39 is 23.9 Å². The number of hydrogen-bond donors (Lipinski definition) is 4. The van der Waals surface area contributed by atoms with Crippen LogP contribution >= 0.6 is 0 Å². The predicted molar refractivity (Wildman–Crippen MR) is 73.3 cm³/mol. The van der Waals surface area contributed by atoms with E-state index in [1.54, 1.807) is 12.4 Å². The summed E-state index contributed by atoms with van der Waals surface area (Å²) < 4.78 is 1.83. The molecule has 5 N–H and O–H groups in total. The number of imidazole rings is 1. The highest BCUT2D eigenvalue weighted by atomic mass is 16.4. The molecule has 1 atom stereocenters. The van der Waals surface area contributed by atoms with E-state index in [-0.39, 0.29) is 12.8 Å². The smallest absolute Gasteiger partial charge is 0.326 e. The maximum Gasteiger partial charge on any atom is 0.326 e. The Morgan fingerprint density at radius 2 is 2.19 bits per heavy atom. The van der Waals surface area contributed by atoms with Crippen molar-refractivity contribution in [1.29, 1.82) is 0 Å². The maximum atomic E-state index is 11.6. The Hall–Kier alpha value is -2.58. The standard InChI is InChI=1S/C12H19N5O4/c1-17-7-6-14-10(17)4-5-15-12(21)16-8(11(19)20)2-3-9(13)18/h6-8H,2-5H2,1H3,(H2,13,18)(H,19,20)(H2,15,16,21). The zero-order chi connectivity index (χ0) is 15.8. The fraction of sp³-hybridized carbons (Fsp3) is 0.500. The van der Waals surface area contributed by atoms with E-state index in [0.29, 0.717) is 13.0 Å². The van der Waals surface area contributed by atoms with Crippen molar-refractivity contribution in [3.63, 3.8) is 0 Å². The number of rotatable bonds is 8. The minimum Gasteiger partial charge on any atom is -0.480 e. The summed E-state index contributed by atoms with van der Waals surface area (Å²) >= 11 is 0. The molecule has 0 aliphatic carbocycles. The number of carboxylic acid groups (broad SMARTS) is 1. The van der Waals surface area contributed by atoms with Gasteiger partial charge in [0.1, 0.15) is 11.9 Å². The van der Waals surface area contributed by atoms with Crippen molar-refractivity contribution < 1.29 is 19.5 Å². The minimum absolute atomic E-state index is 0.0442. The number of hydrogen-bond acceptors (Lipinski definition) is 4. The Morgan fingerprint density at radius 1 is 1.48 bits per heavy atom. The lowest BCUT2D eigenvalue weighted by Gasteiger charge is -2.14. The zero-order valence-corrected chi connectivity index (χ0v) is 11.7. The van der Waals surface area contributed by atoms with Gasteiger partial charge in [0.25, 0.3) is 0 Å². The highest BCUT2D eigenvalue weighted by molar-refractivity contribution is 5.83. The average molecular weight is 297 g/mol. The molecule has 0 radical (unpaired) electrons. The van der Waals surface area contributed by atoms with Crippen LogP contribution in [0, 0.1) is 0 Å². The number of aryl methyl sites for hydroxylation is 1. The molecule has 0 aliphatic heterocycles. The molecule has 1 heterocycles. The van der Waals surface area contributed by atoms with Crippen molar-refractivity contribution in [3.8, 4) is 0 Å². The molecule has 1 aromatic heterocycles. The Bertz CT molecular complexity index is 514. The van der Waals surface area contributed by atoms with Crippen LogP contribution in [0.3, 0.4) is 0 Å². The fourth-order valence-electron chi connectivity index (χ4n) is 1.68. The molecule has 3 amide bonds. The summed E-state index contributed by atoms with van der Waals surface area (Å²) in [5.74, 6) is -1.02. The van der Waals surface area contributed by atoms with Crippen LogP contribution in [0.15, 0.2) is 12.4 Å². The molecule has 0 fully saturated rings. The molecule has 116 valence electrons. The summed E-state index contributed by atoms with van der Waals surface area (Å²) in [5, 5.41) is 13.8. The summed E-state index contributed by atoms with van der Waals surface area (Å²) in [5.41, 5.74) is 4.95. The highest BCUT2D eigenvalue weighted by Crippen LogP contribution is 1.98. The van der Waals surface area contributed by atoms with Gasteiger partial charge in [-0.15, -0.1) is 0 Å². The molecule has 0 bridgehead atoms. The number of aliphatic carboxylic acids is 1. The van der Waals surface area contributed by atoms with Gasteiger partial charge in [-0.1, -0.05) is 0 Å². The quantitative estimate of drug-likeness (QED) is 0.486. The van der Waals surface area contributed by atoms with Crippen LogP contribution in [-0.4, -0.2) is 45.2 Å². The Kier molecular flexibility index (Phi) is 6.18. The molecule has 9 heteroatoms. The van der Waals surface area contributed by atoms with E-state index in [9.17, 15) is 14.4 Å².